The van der Waals surface area contributed by atoms with Gasteiger partial charge in [0.15, 0.2) is 0 Å². The average Bonchev–Trinajstić information content (AvgIpc) is 2.74. The number of anilines is 1. The lowest BCUT2D eigenvalue weighted by Crippen LogP contribution is -2.27. The van der Waals surface area contributed by atoms with Crippen molar-refractivity contribution in [1.29, 1.82) is 0 Å². The lowest BCUT2D eigenvalue weighted by atomic mass is 10.2. The van der Waals surface area contributed by atoms with Gasteiger partial charge in [0.2, 0.25) is 0 Å². The van der Waals surface area contributed by atoms with E-state index in [4.69, 9.17) is 0 Å². The molecule has 4 nitrogen and oxygen atoms in total. The molecule has 1 aromatic carbocycles. The summed E-state index contributed by atoms with van der Waals surface area (Å²) in [6.07, 6.45) is 0. The molecular formula is C12H17N3O. The Hall–Kier alpha value is -1.55. The lowest BCUT2D eigenvalue weighted by Gasteiger charge is -2.14. The topological polar surface area (TPSA) is 44.4 Å². The summed E-state index contributed by atoms with van der Waals surface area (Å²) < 4.78 is 0. The molecule has 0 spiro atoms. The Morgan fingerprint density at radius 1 is 1.38 bits per heavy atom. The maximum Gasteiger partial charge on any atom is 0.321 e. The Kier molecular flexibility index (Phi) is 3.41. The first-order chi connectivity index (χ1) is 7.81. The minimum absolute atomic E-state index is 0.000525. The van der Waals surface area contributed by atoms with Crippen LogP contribution < -0.4 is 15.5 Å². The minimum Gasteiger partial charge on any atom is -0.336 e. The summed E-state index contributed by atoms with van der Waals surface area (Å²) in [7, 11) is 0. The van der Waals surface area contributed by atoms with Crippen LogP contribution in [0.25, 0.3) is 0 Å². The molecule has 0 aromatic heterocycles. The van der Waals surface area contributed by atoms with Gasteiger partial charge < -0.3 is 10.6 Å². The van der Waals surface area contributed by atoms with E-state index in [2.05, 4.69) is 29.7 Å². The fourth-order valence-electron chi connectivity index (χ4n) is 1.78. The van der Waals surface area contributed by atoms with E-state index in [1.165, 1.54) is 5.56 Å². The van der Waals surface area contributed by atoms with Crippen LogP contribution in [0.15, 0.2) is 24.3 Å². The molecule has 2 N–H and O–H groups in total. The van der Waals surface area contributed by atoms with Crippen molar-refractivity contribution in [3.63, 3.8) is 0 Å². The van der Waals surface area contributed by atoms with Gasteiger partial charge in [-0.3, -0.25) is 4.90 Å². The normalized spacial score (nSPS) is 15.3. The standard InChI is InChI=1S/C12H17N3O/c1-2-13-9-10-3-5-11(6-4-10)15-8-7-14-12(15)16/h3-6,13H,2,7-9H2,1H3,(H,14,16). The quantitative estimate of drug-likeness (QED) is 0.802. The van der Waals surface area contributed by atoms with Crippen molar-refractivity contribution in [3.05, 3.63) is 29.8 Å². The monoisotopic (exact) mass is 219 g/mol. The highest BCUT2D eigenvalue weighted by molar-refractivity contribution is 5.93. The number of nitrogens with one attached hydrogen (secondary N) is 2. The van der Waals surface area contributed by atoms with Gasteiger partial charge in [-0.1, -0.05) is 19.1 Å². The minimum atomic E-state index is -0.000525. The number of hydrogen-bond donors (Lipinski definition) is 2. The molecular weight excluding hydrogens is 202 g/mol. The van der Waals surface area contributed by atoms with Crippen LogP contribution in [-0.2, 0) is 6.54 Å². The van der Waals surface area contributed by atoms with Crippen molar-refractivity contribution < 1.29 is 4.79 Å². The van der Waals surface area contributed by atoms with Crippen LogP contribution in [-0.4, -0.2) is 25.7 Å². The third-order valence-corrected chi connectivity index (χ3v) is 2.68. The third-order valence-electron chi connectivity index (χ3n) is 2.68. The molecule has 0 bridgehead atoms. The first-order valence-corrected chi connectivity index (χ1v) is 5.66. The number of hydrogen-bond acceptors (Lipinski definition) is 2. The van der Waals surface area contributed by atoms with Gasteiger partial charge in [-0.05, 0) is 24.2 Å². The van der Waals surface area contributed by atoms with Crippen molar-refractivity contribution in [2.45, 2.75) is 13.5 Å². The molecule has 0 aliphatic carbocycles. The average molecular weight is 219 g/mol. The van der Waals surface area contributed by atoms with Crippen LogP contribution in [0, 0.1) is 0 Å². The van der Waals surface area contributed by atoms with E-state index < -0.39 is 0 Å². The Labute approximate surface area is 95.6 Å². The maximum absolute atomic E-state index is 11.4. The van der Waals surface area contributed by atoms with Gasteiger partial charge >= 0.3 is 6.03 Å². The number of nitrogens with zero attached hydrogens (tertiary/aromatic N) is 1. The number of rotatable bonds is 4. The highest BCUT2D eigenvalue weighted by Crippen LogP contribution is 2.17. The summed E-state index contributed by atoms with van der Waals surface area (Å²) >= 11 is 0. The predicted molar refractivity (Wildman–Crippen MR) is 64.6 cm³/mol. The second-order valence-electron chi connectivity index (χ2n) is 3.83. The van der Waals surface area contributed by atoms with Gasteiger partial charge in [0, 0.05) is 25.3 Å². The maximum atomic E-state index is 11.4. The predicted octanol–water partition coefficient (Wildman–Crippen LogP) is 1.33. The van der Waals surface area contributed by atoms with Gasteiger partial charge in [-0.15, -0.1) is 0 Å². The number of carbonyl (C=O) groups is 1. The van der Waals surface area contributed by atoms with Gasteiger partial charge in [-0.25, -0.2) is 4.79 Å². The third kappa shape index (κ3) is 2.33. The second kappa shape index (κ2) is 4.99. The number of amides is 2. The van der Waals surface area contributed by atoms with Crippen LogP contribution in [0.2, 0.25) is 0 Å². The molecule has 1 saturated heterocycles. The molecule has 1 fully saturated rings. The van der Waals surface area contributed by atoms with Crippen LogP contribution >= 0.6 is 0 Å². The van der Waals surface area contributed by atoms with Crippen molar-refractivity contribution in [3.8, 4) is 0 Å². The fraction of sp³-hybridized carbons (Fsp3) is 0.417. The Balaban J connectivity index is 2.04. The summed E-state index contributed by atoms with van der Waals surface area (Å²) in [5.41, 5.74) is 2.21. The molecule has 16 heavy (non-hydrogen) atoms. The molecule has 1 aromatic rings. The smallest absolute Gasteiger partial charge is 0.321 e. The molecule has 0 radical (unpaired) electrons. The first-order valence-electron chi connectivity index (χ1n) is 5.66. The highest BCUT2D eigenvalue weighted by atomic mass is 16.2. The van der Waals surface area contributed by atoms with E-state index >= 15 is 0 Å². The number of benzene rings is 1. The van der Waals surface area contributed by atoms with Gasteiger partial charge in [0.1, 0.15) is 0 Å². The zero-order chi connectivity index (χ0) is 11.4. The summed E-state index contributed by atoms with van der Waals surface area (Å²) in [6, 6.07) is 8.11. The molecule has 1 aliphatic rings. The van der Waals surface area contributed by atoms with Gasteiger partial charge in [-0.2, -0.15) is 0 Å². The van der Waals surface area contributed by atoms with Crippen LogP contribution in [0.5, 0.6) is 0 Å². The molecule has 0 atom stereocenters. The summed E-state index contributed by atoms with van der Waals surface area (Å²) in [5.74, 6) is 0. The van der Waals surface area contributed by atoms with Crippen molar-refractivity contribution in [1.82, 2.24) is 10.6 Å². The van der Waals surface area contributed by atoms with Crippen molar-refractivity contribution in [2.75, 3.05) is 24.5 Å². The Morgan fingerprint density at radius 2 is 2.12 bits per heavy atom. The number of urea groups is 1. The molecule has 1 heterocycles. The molecule has 0 unspecified atom stereocenters. The fourth-order valence-corrected chi connectivity index (χ4v) is 1.78. The molecule has 2 amide bonds. The van der Waals surface area contributed by atoms with Gasteiger partial charge in [0.25, 0.3) is 0 Å². The first kappa shape index (κ1) is 11.0. The molecule has 1 aliphatic heterocycles. The highest BCUT2D eigenvalue weighted by Gasteiger charge is 2.20. The van der Waals surface area contributed by atoms with Crippen molar-refractivity contribution >= 4 is 11.7 Å². The lowest BCUT2D eigenvalue weighted by molar-refractivity contribution is 0.252. The molecule has 86 valence electrons. The second-order valence-corrected chi connectivity index (χ2v) is 3.83. The van der Waals surface area contributed by atoms with Crippen LogP contribution in [0.4, 0.5) is 10.5 Å². The molecule has 4 heteroatoms. The summed E-state index contributed by atoms with van der Waals surface area (Å²) in [4.78, 5) is 13.2. The number of carbonyl (C=O) groups excluding carboxylic acids is 1. The zero-order valence-corrected chi connectivity index (χ0v) is 9.49. The molecule has 0 saturated carbocycles. The Morgan fingerprint density at radius 3 is 2.69 bits per heavy atom. The van der Waals surface area contributed by atoms with E-state index in [0.717, 1.165) is 31.9 Å². The summed E-state index contributed by atoms with van der Waals surface area (Å²) in [6.45, 7) is 5.42. The summed E-state index contributed by atoms with van der Waals surface area (Å²) in [5, 5.41) is 6.06. The van der Waals surface area contributed by atoms with E-state index in [1.807, 2.05) is 12.1 Å². The van der Waals surface area contributed by atoms with E-state index in [-0.39, 0.29) is 6.03 Å². The largest absolute Gasteiger partial charge is 0.336 e. The Bertz CT molecular complexity index is 361. The van der Waals surface area contributed by atoms with Crippen LogP contribution in [0.3, 0.4) is 0 Å². The van der Waals surface area contributed by atoms with E-state index in [9.17, 15) is 4.79 Å². The van der Waals surface area contributed by atoms with E-state index in [0.29, 0.717) is 0 Å². The van der Waals surface area contributed by atoms with Gasteiger partial charge in [0.05, 0.1) is 0 Å². The van der Waals surface area contributed by atoms with Crippen molar-refractivity contribution in [2.24, 2.45) is 0 Å². The zero-order valence-electron chi connectivity index (χ0n) is 9.49. The molecule has 2 rings (SSSR count). The SMILES string of the molecule is CCNCc1ccc(N2CCNC2=O)cc1. The van der Waals surface area contributed by atoms with E-state index in [1.54, 1.807) is 4.90 Å². The van der Waals surface area contributed by atoms with Crippen LogP contribution in [0.1, 0.15) is 12.5 Å².